The summed E-state index contributed by atoms with van der Waals surface area (Å²) >= 11 is 0. The molecule has 0 aliphatic rings. The molecule has 0 saturated heterocycles. The van der Waals surface area contributed by atoms with Crippen molar-refractivity contribution in [2.45, 2.75) is 19.3 Å². The smallest absolute Gasteiger partial charge is 0.303 e. The molecule has 86 valence electrons. The topological polar surface area (TPSA) is 80.4 Å². The first-order valence-corrected chi connectivity index (χ1v) is 5.17. The van der Waals surface area contributed by atoms with Crippen LogP contribution in [0.2, 0.25) is 0 Å². The molecule has 4 heteroatoms. The van der Waals surface area contributed by atoms with Gasteiger partial charge in [-0.1, -0.05) is 18.2 Å². The molecule has 1 rings (SSSR count). The molecule has 0 saturated carbocycles. The maximum Gasteiger partial charge on any atom is 0.303 e. The Kier molecular flexibility index (Phi) is 4.66. The van der Waals surface area contributed by atoms with Gasteiger partial charge in [0.2, 0.25) is 0 Å². The second kappa shape index (κ2) is 6.02. The van der Waals surface area contributed by atoms with E-state index >= 15 is 0 Å². The second-order valence-corrected chi connectivity index (χ2v) is 3.57. The predicted molar refractivity (Wildman–Crippen MR) is 60.4 cm³/mol. The molecule has 0 radical (unpaired) electrons. The third-order valence-corrected chi connectivity index (χ3v) is 2.29. The van der Waals surface area contributed by atoms with Crippen LogP contribution in [0.15, 0.2) is 24.3 Å². The number of rotatable bonds is 6. The van der Waals surface area contributed by atoms with Gasteiger partial charge in [-0.2, -0.15) is 0 Å². The van der Waals surface area contributed by atoms with Gasteiger partial charge >= 0.3 is 5.97 Å². The summed E-state index contributed by atoms with van der Waals surface area (Å²) in [6.07, 6.45) is 1.39. The molecule has 1 aromatic carbocycles. The number of carboxylic acids is 1. The Bertz CT molecular complexity index is 388. The van der Waals surface area contributed by atoms with Crippen LogP contribution in [0, 0.1) is 0 Å². The molecule has 0 atom stereocenters. The van der Waals surface area contributed by atoms with Crippen molar-refractivity contribution in [1.82, 2.24) is 0 Å². The monoisotopic (exact) mass is 221 g/mol. The van der Waals surface area contributed by atoms with E-state index < -0.39 is 5.97 Å². The van der Waals surface area contributed by atoms with Crippen LogP contribution in [-0.2, 0) is 11.2 Å². The molecule has 3 N–H and O–H groups in total. The van der Waals surface area contributed by atoms with Crippen LogP contribution >= 0.6 is 0 Å². The molecule has 0 aliphatic carbocycles. The molecule has 4 nitrogen and oxygen atoms in total. The number of carbonyl (C=O) groups is 2. The highest BCUT2D eigenvalue weighted by molar-refractivity contribution is 5.97. The van der Waals surface area contributed by atoms with E-state index in [0.717, 1.165) is 5.56 Å². The first-order chi connectivity index (χ1) is 7.63. The zero-order valence-electron chi connectivity index (χ0n) is 8.98. The number of aliphatic carboxylic acids is 1. The van der Waals surface area contributed by atoms with Crippen molar-refractivity contribution >= 4 is 11.8 Å². The lowest BCUT2D eigenvalue weighted by Crippen LogP contribution is -2.13. The minimum atomic E-state index is -0.797. The average Bonchev–Trinajstić information content (AvgIpc) is 2.28. The molecule has 0 aromatic heterocycles. The second-order valence-electron chi connectivity index (χ2n) is 3.57. The van der Waals surface area contributed by atoms with Crippen molar-refractivity contribution in [1.29, 1.82) is 0 Å². The maximum atomic E-state index is 11.3. The van der Waals surface area contributed by atoms with Crippen LogP contribution in [0.25, 0.3) is 0 Å². The number of hydrogen-bond acceptors (Lipinski definition) is 3. The number of carboxylic acid groups (broad SMARTS) is 1. The standard InChI is InChI=1S/C12H15NO3/c13-8-11(14)10-5-1-3-9(7-10)4-2-6-12(15)16/h1,3,5,7H,2,4,6,8,13H2,(H,15,16). The Balaban J connectivity index is 2.60. The van der Waals surface area contributed by atoms with Crippen molar-refractivity contribution in [2.24, 2.45) is 5.73 Å². The molecule has 0 heterocycles. The SMILES string of the molecule is NCC(=O)c1cccc(CCCC(=O)O)c1. The van der Waals surface area contributed by atoms with Gasteiger partial charge in [-0.05, 0) is 24.5 Å². The van der Waals surface area contributed by atoms with Crippen molar-refractivity contribution in [3.63, 3.8) is 0 Å². The minimum Gasteiger partial charge on any atom is -0.481 e. The van der Waals surface area contributed by atoms with E-state index in [9.17, 15) is 9.59 Å². The zero-order chi connectivity index (χ0) is 12.0. The Morgan fingerprint density at radius 2 is 2.06 bits per heavy atom. The number of benzene rings is 1. The summed E-state index contributed by atoms with van der Waals surface area (Å²) in [5, 5.41) is 8.50. The van der Waals surface area contributed by atoms with Crippen LogP contribution in [-0.4, -0.2) is 23.4 Å². The van der Waals surface area contributed by atoms with Gasteiger partial charge in [0.15, 0.2) is 5.78 Å². The summed E-state index contributed by atoms with van der Waals surface area (Å²) in [6.45, 7) is -0.00141. The van der Waals surface area contributed by atoms with Crippen molar-refractivity contribution < 1.29 is 14.7 Å². The number of aryl methyl sites for hydroxylation is 1. The summed E-state index contributed by atoms with van der Waals surface area (Å²) < 4.78 is 0. The van der Waals surface area contributed by atoms with Gasteiger partial charge in [0.1, 0.15) is 0 Å². The summed E-state index contributed by atoms with van der Waals surface area (Å²) in [5.41, 5.74) is 6.83. The van der Waals surface area contributed by atoms with Gasteiger partial charge in [0.05, 0.1) is 6.54 Å². The fourth-order valence-corrected chi connectivity index (χ4v) is 1.46. The third kappa shape index (κ3) is 3.82. The van der Waals surface area contributed by atoms with E-state index in [4.69, 9.17) is 10.8 Å². The highest BCUT2D eigenvalue weighted by Gasteiger charge is 2.04. The molecule has 0 spiro atoms. The van der Waals surface area contributed by atoms with E-state index in [2.05, 4.69) is 0 Å². The van der Waals surface area contributed by atoms with Crippen LogP contribution in [0.3, 0.4) is 0 Å². The van der Waals surface area contributed by atoms with Gasteiger partial charge < -0.3 is 10.8 Å². The van der Waals surface area contributed by atoms with Crippen LogP contribution < -0.4 is 5.73 Å². The largest absolute Gasteiger partial charge is 0.481 e. The molecular weight excluding hydrogens is 206 g/mol. The summed E-state index contributed by atoms with van der Waals surface area (Å²) in [6, 6.07) is 7.17. The molecule has 0 amide bonds. The average molecular weight is 221 g/mol. The fourth-order valence-electron chi connectivity index (χ4n) is 1.46. The van der Waals surface area contributed by atoms with Gasteiger partial charge in [0, 0.05) is 12.0 Å². The number of carbonyl (C=O) groups excluding carboxylic acids is 1. The molecule has 0 unspecified atom stereocenters. The zero-order valence-corrected chi connectivity index (χ0v) is 8.98. The molecule has 0 aliphatic heterocycles. The number of hydrogen-bond donors (Lipinski definition) is 2. The lowest BCUT2D eigenvalue weighted by Gasteiger charge is -2.02. The number of Topliss-reactive ketones (excluding diaryl/α,β-unsaturated/α-hetero) is 1. The lowest BCUT2D eigenvalue weighted by atomic mass is 10.0. The predicted octanol–water partition coefficient (Wildman–Crippen LogP) is 1.24. The first kappa shape index (κ1) is 12.4. The highest BCUT2D eigenvalue weighted by Crippen LogP contribution is 2.09. The quantitative estimate of drug-likeness (QED) is 0.708. The number of ketones is 1. The van der Waals surface area contributed by atoms with Crippen LogP contribution in [0.4, 0.5) is 0 Å². The third-order valence-electron chi connectivity index (χ3n) is 2.29. The molecule has 0 fully saturated rings. The molecule has 1 aromatic rings. The summed E-state index contributed by atoms with van der Waals surface area (Å²) in [7, 11) is 0. The van der Waals surface area contributed by atoms with Crippen molar-refractivity contribution in [3.05, 3.63) is 35.4 Å². The molecule has 16 heavy (non-hydrogen) atoms. The van der Waals surface area contributed by atoms with Crippen molar-refractivity contribution in [2.75, 3.05) is 6.54 Å². The normalized spacial score (nSPS) is 10.1. The Hall–Kier alpha value is -1.68. The summed E-state index contributed by atoms with van der Waals surface area (Å²) in [4.78, 5) is 21.7. The van der Waals surface area contributed by atoms with Crippen LogP contribution in [0.1, 0.15) is 28.8 Å². The first-order valence-electron chi connectivity index (χ1n) is 5.17. The van der Waals surface area contributed by atoms with Gasteiger partial charge in [0.25, 0.3) is 0 Å². The van der Waals surface area contributed by atoms with Gasteiger partial charge in [-0.3, -0.25) is 9.59 Å². The Labute approximate surface area is 94.1 Å². The van der Waals surface area contributed by atoms with E-state index in [1.54, 1.807) is 18.2 Å². The van der Waals surface area contributed by atoms with E-state index in [1.165, 1.54) is 0 Å². The lowest BCUT2D eigenvalue weighted by molar-refractivity contribution is -0.137. The van der Waals surface area contributed by atoms with Crippen LogP contribution in [0.5, 0.6) is 0 Å². The van der Waals surface area contributed by atoms with E-state index in [1.807, 2.05) is 6.07 Å². The highest BCUT2D eigenvalue weighted by atomic mass is 16.4. The number of nitrogens with two attached hydrogens (primary N) is 1. The minimum absolute atomic E-state index is 0.00141. The van der Waals surface area contributed by atoms with Gasteiger partial charge in [-0.25, -0.2) is 0 Å². The van der Waals surface area contributed by atoms with Gasteiger partial charge in [-0.15, -0.1) is 0 Å². The Morgan fingerprint density at radius 3 is 2.69 bits per heavy atom. The fraction of sp³-hybridized carbons (Fsp3) is 0.333. The van der Waals surface area contributed by atoms with Crippen molar-refractivity contribution in [3.8, 4) is 0 Å². The molecular formula is C12H15NO3. The molecule has 0 bridgehead atoms. The Morgan fingerprint density at radius 1 is 1.31 bits per heavy atom. The van der Waals surface area contributed by atoms with E-state index in [0.29, 0.717) is 18.4 Å². The maximum absolute atomic E-state index is 11.3. The summed E-state index contributed by atoms with van der Waals surface area (Å²) in [5.74, 6) is -0.894. The van der Waals surface area contributed by atoms with E-state index in [-0.39, 0.29) is 18.7 Å².